The molecule has 1 atom stereocenters. The first-order valence-electron chi connectivity index (χ1n) is 13.6. The predicted molar refractivity (Wildman–Crippen MR) is 147 cm³/mol. The van der Waals surface area contributed by atoms with E-state index in [2.05, 4.69) is 10.2 Å². The molecule has 2 fully saturated rings. The molecule has 2 aliphatic heterocycles. The van der Waals surface area contributed by atoms with Crippen LogP contribution in [0.1, 0.15) is 40.7 Å². The van der Waals surface area contributed by atoms with Gasteiger partial charge in [0, 0.05) is 31.7 Å². The fourth-order valence-corrected chi connectivity index (χ4v) is 5.95. The number of carbonyl (C=O) groups is 2. The Hall–Kier alpha value is -3.82. The van der Waals surface area contributed by atoms with Crippen molar-refractivity contribution < 1.29 is 23.1 Å². The summed E-state index contributed by atoms with van der Waals surface area (Å²) in [6.45, 7) is 2.88. The monoisotopic (exact) mass is 548 g/mol. The summed E-state index contributed by atoms with van der Waals surface area (Å²) in [6.07, 6.45) is 1.80. The molecule has 0 aromatic heterocycles. The number of carbonyl (C=O) groups excluding carboxylic acids is 2. The van der Waals surface area contributed by atoms with E-state index in [0.717, 1.165) is 11.6 Å². The highest BCUT2D eigenvalue weighted by molar-refractivity contribution is 5.94. The van der Waals surface area contributed by atoms with Gasteiger partial charge in [0.25, 0.3) is 5.91 Å². The van der Waals surface area contributed by atoms with Gasteiger partial charge in [0.15, 0.2) is 11.6 Å². The minimum Gasteiger partial charge on any atom is -0.367 e. The number of piperidine rings is 1. The number of ether oxygens (including phenoxy) is 1. The largest absolute Gasteiger partial charge is 0.367 e. The molecule has 3 aromatic carbocycles. The van der Waals surface area contributed by atoms with Crippen molar-refractivity contribution >= 4 is 11.9 Å². The number of rotatable bonds is 7. The molecular formula is C31H34F2N4O3. The Kier molecular flexibility index (Phi) is 8.14. The van der Waals surface area contributed by atoms with Crippen molar-refractivity contribution in [1.29, 1.82) is 0 Å². The van der Waals surface area contributed by atoms with Crippen molar-refractivity contribution in [2.75, 3.05) is 39.3 Å². The second kappa shape index (κ2) is 11.7. The summed E-state index contributed by atoms with van der Waals surface area (Å²) in [5, 5.41) is 2.98. The highest BCUT2D eigenvalue weighted by Gasteiger charge is 2.42. The molecule has 3 amide bonds. The number of nitrogens with one attached hydrogen (secondary N) is 1. The third kappa shape index (κ3) is 5.85. The quantitative estimate of drug-likeness (QED) is 0.459. The van der Waals surface area contributed by atoms with Crippen LogP contribution < -0.4 is 11.1 Å². The van der Waals surface area contributed by atoms with Crippen LogP contribution in [0.3, 0.4) is 0 Å². The number of primary amides is 1. The van der Waals surface area contributed by atoms with Crippen LogP contribution in [0.4, 0.5) is 13.6 Å². The van der Waals surface area contributed by atoms with E-state index in [0.29, 0.717) is 56.6 Å². The first-order chi connectivity index (χ1) is 19.3. The minimum absolute atomic E-state index is 0.126. The van der Waals surface area contributed by atoms with Gasteiger partial charge in [0.1, 0.15) is 5.60 Å². The summed E-state index contributed by atoms with van der Waals surface area (Å²) in [4.78, 5) is 29.2. The first kappa shape index (κ1) is 27.7. The predicted octanol–water partition coefficient (Wildman–Crippen LogP) is 4.38. The molecule has 7 nitrogen and oxygen atoms in total. The van der Waals surface area contributed by atoms with Crippen LogP contribution in [0.15, 0.2) is 78.9 Å². The number of amides is 3. The van der Waals surface area contributed by atoms with Gasteiger partial charge in [-0.15, -0.1) is 0 Å². The molecule has 0 aliphatic carbocycles. The summed E-state index contributed by atoms with van der Waals surface area (Å²) in [7, 11) is 0. The third-order valence-electron chi connectivity index (χ3n) is 8.17. The molecule has 0 saturated carbocycles. The normalized spacial score (nSPS) is 21.1. The first-order valence-corrected chi connectivity index (χ1v) is 13.6. The summed E-state index contributed by atoms with van der Waals surface area (Å²) in [5.41, 5.74) is 6.08. The zero-order valence-corrected chi connectivity index (χ0v) is 22.3. The Morgan fingerprint density at radius 3 is 2.20 bits per heavy atom. The van der Waals surface area contributed by atoms with Crippen LogP contribution in [0.5, 0.6) is 0 Å². The minimum atomic E-state index is -1.00. The van der Waals surface area contributed by atoms with Gasteiger partial charge in [-0.3, -0.25) is 4.79 Å². The van der Waals surface area contributed by atoms with Crippen LogP contribution in [0.2, 0.25) is 0 Å². The number of hydrogen-bond donors (Lipinski definition) is 2. The second-order valence-corrected chi connectivity index (χ2v) is 10.6. The topological polar surface area (TPSA) is 87.9 Å². The molecule has 210 valence electrons. The smallest absolute Gasteiger partial charge is 0.312 e. The maximum absolute atomic E-state index is 14.4. The van der Waals surface area contributed by atoms with Gasteiger partial charge in [-0.25, -0.2) is 13.6 Å². The summed E-state index contributed by atoms with van der Waals surface area (Å²) >= 11 is 0. The number of halogens is 2. The second-order valence-electron chi connectivity index (χ2n) is 10.6. The molecule has 0 radical (unpaired) electrons. The lowest BCUT2D eigenvalue weighted by Gasteiger charge is -2.46. The average molecular weight is 549 g/mol. The van der Waals surface area contributed by atoms with Crippen LogP contribution in [-0.4, -0.2) is 61.1 Å². The van der Waals surface area contributed by atoms with Gasteiger partial charge in [0.2, 0.25) is 0 Å². The maximum Gasteiger partial charge on any atom is 0.312 e. The molecule has 0 spiro atoms. The number of morpholine rings is 1. The molecule has 3 N–H and O–H groups in total. The average Bonchev–Trinajstić information content (AvgIpc) is 2.98. The molecule has 2 aliphatic rings. The van der Waals surface area contributed by atoms with Crippen molar-refractivity contribution in [1.82, 2.24) is 15.1 Å². The molecule has 0 bridgehead atoms. The number of likely N-dealkylation sites (tertiary alicyclic amines) is 1. The summed E-state index contributed by atoms with van der Waals surface area (Å²) < 4.78 is 34.6. The molecule has 9 heteroatoms. The number of hydrogen-bond acceptors (Lipinski definition) is 4. The molecule has 1 unspecified atom stereocenters. The van der Waals surface area contributed by atoms with Crippen molar-refractivity contribution in [2.45, 2.75) is 30.4 Å². The van der Waals surface area contributed by atoms with E-state index in [1.165, 1.54) is 6.07 Å². The van der Waals surface area contributed by atoms with Crippen molar-refractivity contribution in [3.63, 3.8) is 0 Å². The van der Waals surface area contributed by atoms with Crippen LogP contribution in [-0.2, 0) is 15.9 Å². The third-order valence-corrected chi connectivity index (χ3v) is 8.17. The molecule has 5 rings (SSSR count). The highest BCUT2D eigenvalue weighted by atomic mass is 19.2. The number of benzene rings is 3. The van der Waals surface area contributed by atoms with Crippen molar-refractivity contribution in [3.8, 4) is 0 Å². The van der Waals surface area contributed by atoms with Crippen LogP contribution in [0, 0.1) is 11.6 Å². The SMILES string of the molecule is NC(=O)NC1(c2ccccc2)CCN(CCC2(c3ccc(F)c(F)c3)CN(C(=O)c3ccccc3)CCO2)CC1. The van der Waals surface area contributed by atoms with Crippen molar-refractivity contribution in [2.24, 2.45) is 5.73 Å². The molecule has 40 heavy (non-hydrogen) atoms. The van der Waals surface area contributed by atoms with Crippen molar-refractivity contribution in [3.05, 3.63) is 107 Å². The Morgan fingerprint density at radius 2 is 1.55 bits per heavy atom. The van der Waals surface area contributed by atoms with Gasteiger partial charge in [-0.1, -0.05) is 54.6 Å². The van der Waals surface area contributed by atoms with E-state index >= 15 is 0 Å². The van der Waals surface area contributed by atoms with Gasteiger partial charge >= 0.3 is 6.03 Å². The fraction of sp³-hybridized carbons (Fsp3) is 0.355. The molecule has 2 heterocycles. The Morgan fingerprint density at radius 1 is 0.875 bits per heavy atom. The van der Waals surface area contributed by atoms with E-state index in [1.54, 1.807) is 23.1 Å². The lowest BCUT2D eigenvalue weighted by Crippen LogP contribution is -2.56. The van der Waals surface area contributed by atoms with Crippen LogP contribution in [0.25, 0.3) is 0 Å². The van der Waals surface area contributed by atoms with Gasteiger partial charge in [0.05, 0.1) is 18.7 Å². The van der Waals surface area contributed by atoms with Gasteiger partial charge in [-0.2, -0.15) is 0 Å². The lowest BCUT2D eigenvalue weighted by atomic mass is 9.80. The van der Waals surface area contributed by atoms with Gasteiger partial charge < -0.3 is 25.6 Å². The van der Waals surface area contributed by atoms with Crippen LogP contribution >= 0.6 is 0 Å². The van der Waals surface area contributed by atoms with E-state index in [9.17, 15) is 18.4 Å². The van der Waals surface area contributed by atoms with Gasteiger partial charge in [-0.05, 0) is 54.7 Å². The molecule has 3 aromatic rings. The molecule has 2 saturated heterocycles. The van der Waals surface area contributed by atoms with E-state index in [4.69, 9.17) is 10.5 Å². The highest BCUT2D eigenvalue weighted by Crippen LogP contribution is 2.37. The van der Waals surface area contributed by atoms with E-state index < -0.39 is 28.8 Å². The zero-order chi connectivity index (χ0) is 28.2. The maximum atomic E-state index is 14.4. The Bertz CT molecular complexity index is 1330. The zero-order valence-electron chi connectivity index (χ0n) is 22.3. The summed E-state index contributed by atoms with van der Waals surface area (Å²) in [5.74, 6) is -2.00. The van der Waals surface area contributed by atoms with E-state index in [-0.39, 0.29) is 19.1 Å². The number of nitrogens with zero attached hydrogens (tertiary/aromatic N) is 2. The fourth-order valence-electron chi connectivity index (χ4n) is 5.95. The lowest BCUT2D eigenvalue weighted by molar-refractivity contribution is -0.114. The number of nitrogens with two attached hydrogens (primary N) is 1. The Balaban J connectivity index is 1.34. The number of urea groups is 1. The standard InChI is InChI=1S/C31H34F2N4O3/c32-26-12-11-25(21-27(26)33)31(22-37(19-20-40-31)28(38)23-7-3-1-4-8-23)15-18-36-16-13-30(14-17-36,35-29(34)39)24-9-5-2-6-10-24/h1-12,21H,13-20,22H2,(H3,34,35,39). The summed E-state index contributed by atoms with van der Waals surface area (Å²) in [6, 6.07) is 22.1. The Labute approximate surface area is 232 Å². The molecular weight excluding hydrogens is 514 g/mol. The van der Waals surface area contributed by atoms with E-state index in [1.807, 2.05) is 48.5 Å².